The Morgan fingerprint density at radius 3 is 1.29 bits per heavy atom. The number of carboxylic acid groups (broad SMARTS) is 2. The van der Waals surface area contributed by atoms with Crippen molar-refractivity contribution in [2.45, 2.75) is 0 Å². The molecule has 8 nitrogen and oxygen atoms in total. The first kappa shape index (κ1) is 22.1. The van der Waals surface area contributed by atoms with E-state index < -0.39 is 22.2 Å². The maximum Gasteiger partial charge on any atom is 1.00 e. The number of benzene rings is 2. The molecular weight excluding hydrogens is 349 g/mol. The summed E-state index contributed by atoms with van der Waals surface area (Å²) in [5.41, 5.74) is 0.655. The Morgan fingerprint density at radius 2 is 1.08 bits per heavy atom. The Kier molecular flexibility index (Phi) is 9.26. The molecule has 0 bridgehead atoms. The predicted molar refractivity (Wildman–Crippen MR) is 80.0 cm³/mol. The number of para-hydroxylation sites is 2. The number of carbonyl (C=O) groups is 2. The van der Waals surface area contributed by atoms with E-state index in [1.165, 1.54) is 0 Å². The molecule has 0 amide bonds. The summed E-state index contributed by atoms with van der Waals surface area (Å²) in [7, 11) is -4.59. The van der Waals surface area contributed by atoms with E-state index in [-0.39, 0.29) is 29.6 Å². The van der Waals surface area contributed by atoms with Crippen molar-refractivity contribution in [1.29, 1.82) is 0 Å². The monoisotopic (exact) mass is 361 g/mol. The molecule has 2 N–H and O–H groups in total. The molecule has 2 aromatic carbocycles. The predicted octanol–water partition coefficient (Wildman–Crippen LogP) is -1.56. The molecule has 0 heterocycles. The summed E-state index contributed by atoms with van der Waals surface area (Å²) in [5, 5.41) is 14.8. The quantitative estimate of drug-likeness (QED) is 0.384. The second-order valence-electron chi connectivity index (χ2n) is 4.00. The Bertz CT molecular complexity index is 715. The van der Waals surface area contributed by atoms with Gasteiger partial charge in [0.2, 0.25) is 0 Å². The van der Waals surface area contributed by atoms with E-state index in [2.05, 4.69) is 0 Å². The van der Waals surface area contributed by atoms with Crippen LogP contribution in [0.25, 0.3) is 0 Å². The molecule has 24 heavy (non-hydrogen) atoms. The molecule has 0 saturated heterocycles. The van der Waals surface area contributed by atoms with Crippen LogP contribution in [0, 0.1) is 0 Å². The van der Waals surface area contributed by atoms with Gasteiger partial charge in [0, 0.05) is 0 Å². The minimum atomic E-state index is -4.59. The number of anilines is 2. The summed E-state index contributed by atoms with van der Waals surface area (Å²) >= 11 is 0. The fourth-order valence-corrected chi connectivity index (χ4v) is 2.29. The van der Waals surface area contributed by atoms with Gasteiger partial charge in [-0.15, -0.1) is 0 Å². The first-order chi connectivity index (χ1) is 10.7. The van der Waals surface area contributed by atoms with Gasteiger partial charge in [-0.05, 0) is 24.3 Å². The fourth-order valence-electron chi connectivity index (χ4n) is 1.53. The van der Waals surface area contributed by atoms with E-state index in [1.54, 1.807) is 60.7 Å². The summed E-state index contributed by atoms with van der Waals surface area (Å²) in [4.78, 5) is 18.2. The van der Waals surface area contributed by atoms with Crippen molar-refractivity contribution < 1.29 is 62.3 Å². The van der Waals surface area contributed by atoms with Crippen molar-refractivity contribution in [3.8, 4) is 0 Å². The van der Waals surface area contributed by atoms with Gasteiger partial charge in [-0.2, -0.15) is 0 Å². The summed E-state index contributed by atoms with van der Waals surface area (Å²) in [6.45, 7) is 0. The second-order valence-corrected chi connectivity index (χ2v) is 5.22. The molecule has 0 aliphatic rings. The van der Waals surface area contributed by atoms with Gasteiger partial charge in [-0.25, -0.2) is 22.3 Å². The SMILES string of the molecule is O=C(O)C(=O)O.O=S(=O)([O-])N(c1ccccc1)c1ccccc1.[Na+]. The molecule has 122 valence electrons. The summed E-state index contributed by atoms with van der Waals surface area (Å²) in [5.74, 6) is -3.65. The van der Waals surface area contributed by atoms with Crippen molar-refractivity contribution in [1.82, 2.24) is 0 Å². The van der Waals surface area contributed by atoms with E-state index in [0.29, 0.717) is 11.4 Å². The molecule has 0 saturated carbocycles. The minimum Gasteiger partial charge on any atom is -0.731 e. The molecule has 0 fully saturated rings. The van der Waals surface area contributed by atoms with Gasteiger partial charge in [-0.1, -0.05) is 36.4 Å². The van der Waals surface area contributed by atoms with Crippen LogP contribution in [0.15, 0.2) is 60.7 Å². The first-order valence-electron chi connectivity index (χ1n) is 6.06. The van der Waals surface area contributed by atoms with Gasteiger partial charge in [0.1, 0.15) is 0 Å². The Balaban J connectivity index is 0.000000655. The van der Waals surface area contributed by atoms with Crippen LogP contribution in [0.1, 0.15) is 0 Å². The van der Waals surface area contributed by atoms with E-state index >= 15 is 0 Å². The topological polar surface area (TPSA) is 135 Å². The minimum absolute atomic E-state index is 0. The zero-order valence-corrected chi connectivity index (χ0v) is 15.4. The summed E-state index contributed by atoms with van der Waals surface area (Å²) in [6, 6.07) is 16.5. The zero-order chi connectivity index (χ0) is 17.5. The molecule has 0 unspecified atom stereocenters. The van der Waals surface area contributed by atoms with E-state index in [4.69, 9.17) is 19.8 Å². The van der Waals surface area contributed by atoms with Crippen LogP contribution in [-0.2, 0) is 19.9 Å². The van der Waals surface area contributed by atoms with Crippen LogP contribution in [0.5, 0.6) is 0 Å². The maximum absolute atomic E-state index is 11.3. The number of hydrogen-bond donors (Lipinski definition) is 2. The third kappa shape index (κ3) is 7.11. The largest absolute Gasteiger partial charge is 1.00 e. The van der Waals surface area contributed by atoms with Crippen molar-refractivity contribution in [3.63, 3.8) is 0 Å². The molecule has 0 spiro atoms. The molecule has 0 aliphatic heterocycles. The van der Waals surface area contributed by atoms with Crippen LogP contribution < -0.4 is 33.9 Å². The zero-order valence-electron chi connectivity index (χ0n) is 12.6. The van der Waals surface area contributed by atoms with Gasteiger partial charge in [0.25, 0.3) is 0 Å². The van der Waals surface area contributed by atoms with Crippen LogP contribution in [0.3, 0.4) is 0 Å². The smallest absolute Gasteiger partial charge is 0.731 e. The number of hydrogen-bond acceptors (Lipinski definition) is 5. The van der Waals surface area contributed by atoms with Crippen molar-refractivity contribution in [3.05, 3.63) is 60.7 Å². The Hall–Kier alpha value is -1.91. The molecule has 0 radical (unpaired) electrons. The van der Waals surface area contributed by atoms with Gasteiger partial charge in [0.05, 0.1) is 11.4 Å². The maximum atomic E-state index is 11.3. The first-order valence-corrected chi connectivity index (χ1v) is 7.42. The average molecular weight is 361 g/mol. The third-order valence-electron chi connectivity index (χ3n) is 2.39. The molecule has 2 aromatic rings. The van der Waals surface area contributed by atoms with Crippen LogP contribution in [0.4, 0.5) is 11.4 Å². The average Bonchev–Trinajstić information content (AvgIpc) is 2.48. The molecule has 0 aliphatic carbocycles. The van der Waals surface area contributed by atoms with Crippen LogP contribution in [-0.4, -0.2) is 35.1 Å². The van der Waals surface area contributed by atoms with Crippen molar-refractivity contribution in [2.75, 3.05) is 4.31 Å². The Labute approximate surface area is 160 Å². The van der Waals surface area contributed by atoms with E-state index in [1.807, 2.05) is 0 Å². The van der Waals surface area contributed by atoms with E-state index in [0.717, 1.165) is 4.31 Å². The standard InChI is InChI=1S/C12H11NO3S.C2H2O4.Na/c14-17(15,16)13(11-7-3-1-4-8-11)12-9-5-2-6-10-12;3-1(4)2(5)6;/h1-10H,(H,14,15,16);(H,3,4)(H,5,6);/q;;+1/p-1. The fraction of sp³-hybridized carbons (Fsp3) is 0. The molecule has 10 heteroatoms. The van der Waals surface area contributed by atoms with Gasteiger partial charge in [0.15, 0.2) is 10.3 Å². The Morgan fingerprint density at radius 1 is 0.792 bits per heavy atom. The normalized spacial score (nSPS) is 9.71. The molecule has 0 atom stereocenters. The van der Waals surface area contributed by atoms with Gasteiger partial charge >= 0.3 is 41.5 Å². The van der Waals surface area contributed by atoms with Crippen molar-refractivity contribution >= 4 is 33.6 Å². The van der Waals surface area contributed by atoms with Crippen LogP contribution in [0.2, 0.25) is 0 Å². The number of carboxylic acids is 2. The molecule has 0 aromatic heterocycles. The number of aliphatic carboxylic acids is 2. The van der Waals surface area contributed by atoms with Gasteiger partial charge in [-0.3, -0.25) is 0 Å². The summed E-state index contributed by atoms with van der Waals surface area (Å²) in [6.07, 6.45) is 0. The molecule has 2 rings (SSSR count). The molecular formula is C14H12NNaO7S. The van der Waals surface area contributed by atoms with Gasteiger partial charge < -0.3 is 14.8 Å². The third-order valence-corrected chi connectivity index (χ3v) is 3.26. The van der Waals surface area contributed by atoms with E-state index in [9.17, 15) is 13.0 Å². The summed E-state index contributed by atoms with van der Waals surface area (Å²) < 4.78 is 34.7. The van der Waals surface area contributed by atoms with Crippen molar-refractivity contribution in [2.24, 2.45) is 0 Å². The second kappa shape index (κ2) is 10.1. The van der Waals surface area contributed by atoms with Crippen LogP contribution >= 0.6 is 0 Å². The number of nitrogens with zero attached hydrogens (tertiary/aromatic N) is 1. The number of rotatable bonds is 3.